The highest BCUT2D eigenvalue weighted by Gasteiger charge is 2.30. The summed E-state index contributed by atoms with van der Waals surface area (Å²) in [6.07, 6.45) is 0. The van der Waals surface area contributed by atoms with Crippen molar-refractivity contribution in [1.29, 1.82) is 0 Å². The van der Waals surface area contributed by atoms with E-state index in [9.17, 15) is 17.6 Å². The van der Waals surface area contributed by atoms with Crippen molar-refractivity contribution >= 4 is 27.1 Å². The van der Waals surface area contributed by atoms with Crippen LogP contribution in [0.15, 0.2) is 40.6 Å². The van der Waals surface area contributed by atoms with E-state index in [0.717, 1.165) is 6.07 Å². The van der Waals surface area contributed by atoms with Crippen molar-refractivity contribution in [3.8, 4) is 0 Å². The summed E-state index contributed by atoms with van der Waals surface area (Å²) < 4.78 is 39.0. The van der Waals surface area contributed by atoms with E-state index < -0.39 is 20.9 Å². The van der Waals surface area contributed by atoms with Crippen molar-refractivity contribution in [2.45, 2.75) is 24.0 Å². The Balaban J connectivity index is 2.44. The van der Waals surface area contributed by atoms with Gasteiger partial charge in [0.2, 0.25) is 5.91 Å². The Labute approximate surface area is 132 Å². The van der Waals surface area contributed by atoms with Crippen LogP contribution < -0.4 is 5.32 Å². The molecule has 1 aromatic heterocycles. The molecule has 2 aromatic rings. The van der Waals surface area contributed by atoms with Gasteiger partial charge in [-0.1, -0.05) is 6.07 Å². The topological polar surface area (TPSA) is 63.2 Å². The number of hydrogen-bond donors (Lipinski definition) is 1. The zero-order valence-corrected chi connectivity index (χ0v) is 13.8. The fourth-order valence-corrected chi connectivity index (χ4v) is 4.90. The molecular weight excluding hydrogens is 325 g/mol. The van der Waals surface area contributed by atoms with Gasteiger partial charge in [-0.2, -0.15) is 0 Å². The molecule has 22 heavy (non-hydrogen) atoms. The summed E-state index contributed by atoms with van der Waals surface area (Å²) in [4.78, 5) is 11.8. The van der Waals surface area contributed by atoms with Gasteiger partial charge in [-0.3, -0.25) is 4.79 Å². The molecule has 2 rings (SSSR count). The Morgan fingerprint density at radius 1 is 1.36 bits per heavy atom. The molecule has 0 spiro atoms. The predicted molar refractivity (Wildman–Crippen MR) is 84.1 cm³/mol. The maximum Gasteiger partial charge on any atom is 0.216 e. The highest BCUT2D eigenvalue weighted by atomic mass is 32.2. The maximum atomic E-state index is 13.4. The highest BCUT2D eigenvalue weighted by Crippen LogP contribution is 2.32. The minimum atomic E-state index is -3.73. The summed E-state index contributed by atoms with van der Waals surface area (Å²) >= 11 is 1.31. The van der Waals surface area contributed by atoms with Crippen molar-refractivity contribution in [3.63, 3.8) is 0 Å². The van der Waals surface area contributed by atoms with Crippen molar-refractivity contribution in [2.24, 2.45) is 0 Å². The van der Waals surface area contributed by atoms with E-state index in [1.165, 1.54) is 37.3 Å². The number of nitrogens with one attached hydrogen (secondary N) is 1. The molecule has 0 fully saturated rings. The largest absolute Gasteiger partial charge is 0.355 e. The van der Waals surface area contributed by atoms with E-state index in [2.05, 4.69) is 5.32 Å². The second-order valence-electron chi connectivity index (χ2n) is 4.90. The molecule has 0 aliphatic carbocycles. The van der Waals surface area contributed by atoms with Gasteiger partial charge in [0.1, 0.15) is 11.1 Å². The van der Waals surface area contributed by atoms with Gasteiger partial charge in [0.15, 0.2) is 9.84 Å². The Morgan fingerprint density at radius 3 is 2.64 bits per heavy atom. The van der Waals surface area contributed by atoms with Crippen LogP contribution in [0, 0.1) is 12.7 Å². The number of aryl methyl sites for hydroxylation is 1. The first-order valence-corrected chi connectivity index (χ1v) is 9.03. The average molecular weight is 341 g/mol. The molecule has 0 saturated heterocycles. The van der Waals surface area contributed by atoms with E-state index >= 15 is 0 Å². The number of rotatable bonds is 5. The van der Waals surface area contributed by atoms with Crippen LogP contribution in [0.1, 0.15) is 22.6 Å². The SMILES string of the molecule is CC(=O)NC[C@H](c1cccs1)S(=O)(=O)c1ccc(F)c(C)c1. The second kappa shape index (κ2) is 6.58. The fraction of sp³-hybridized carbons (Fsp3) is 0.267. The van der Waals surface area contributed by atoms with Crippen molar-refractivity contribution in [2.75, 3.05) is 6.54 Å². The molecule has 0 unspecified atom stereocenters. The third kappa shape index (κ3) is 3.53. The predicted octanol–water partition coefficient (Wildman–Crippen LogP) is 2.85. The Bertz CT molecular complexity index is 770. The zero-order valence-electron chi connectivity index (χ0n) is 12.2. The summed E-state index contributed by atoms with van der Waals surface area (Å²) in [5, 5.41) is 3.44. The molecule has 7 heteroatoms. The van der Waals surface area contributed by atoms with Gasteiger partial charge in [0.25, 0.3) is 0 Å². The standard InChI is InChI=1S/C15H16FNO3S2/c1-10-8-12(5-6-13(10)16)22(19,20)15(9-17-11(2)18)14-4-3-7-21-14/h3-8,15H,9H2,1-2H3,(H,17,18)/t15-/m1/s1. The number of amides is 1. The van der Waals surface area contributed by atoms with E-state index in [-0.39, 0.29) is 22.9 Å². The van der Waals surface area contributed by atoms with Crippen molar-refractivity contribution in [3.05, 3.63) is 52.0 Å². The lowest BCUT2D eigenvalue weighted by atomic mass is 10.2. The summed E-state index contributed by atoms with van der Waals surface area (Å²) in [6, 6.07) is 7.19. The first-order chi connectivity index (χ1) is 10.3. The summed E-state index contributed by atoms with van der Waals surface area (Å²) in [5.41, 5.74) is 0.269. The van der Waals surface area contributed by atoms with Crippen LogP contribution >= 0.6 is 11.3 Å². The van der Waals surface area contributed by atoms with E-state index in [1.807, 2.05) is 0 Å². The number of sulfone groups is 1. The molecular formula is C15H16FNO3S2. The molecule has 118 valence electrons. The van der Waals surface area contributed by atoms with Crippen LogP contribution in [-0.4, -0.2) is 20.9 Å². The number of carbonyl (C=O) groups is 1. The van der Waals surface area contributed by atoms with Crippen LogP contribution in [0.3, 0.4) is 0 Å². The number of benzene rings is 1. The summed E-state index contributed by atoms with van der Waals surface area (Å²) in [6.45, 7) is 2.83. The lowest BCUT2D eigenvalue weighted by Crippen LogP contribution is -2.29. The molecule has 1 aromatic carbocycles. The molecule has 0 aliphatic rings. The molecule has 0 bridgehead atoms. The minimum Gasteiger partial charge on any atom is -0.355 e. The van der Waals surface area contributed by atoms with Gasteiger partial charge < -0.3 is 5.32 Å². The number of halogens is 1. The highest BCUT2D eigenvalue weighted by molar-refractivity contribution is 7.91. The molecule has 1 atom stereocenters. The molecule has 1 amide bonds. The van der Waals surface area contributed by atoms with Gasteiger partial charge in [0, 0.05) is 18.3 Å². The number of hydrogen-bond acceptors (Lipinski definition) is 4. The smallest absolute Gasteiger partial charge is 0.216 e. The summed E-state index contributed by atoms with van der Waals surface area (Å²) in [5.74, 6) is -0.750. The average Bonchev–Trinajstić information content (AvgIpc) is 2.95. The first-order valence-electron chi connectivity index (χ1n) is 6.60. The van der Waals surface area contributed by atoms with Gasteiger partial charge in [-0.15, -0.1) is 11.3 Å². The number of thiophene rings is 1. The van der Waals surface area contributed by atoms with Gasteiger partial charge in [0.05, 0.1) is 4.90 Å². The molecule has 0 saturated carbocycles. The Kier molecular flexibility index (Phi) is 4.97. The lowest BCUT2D eigenvalue weighted by Gasteiger charge is -2.17. The molecule has 4 nitrogen and oxygen atoms in total. The lowest BCUT2D eigenvalue weighted by molar-refractivity contribution is -0.118. The quantitative estimate of drug-likeness (QED) is 0.851. The van der Waals surface area contributed by atoms with Gasteiger partial charge in [-0.05, 0) is 42.1 Å². The van der Waals surface area contributed by atoms with E-state index in [1.54, 1.807) is 17.5 Å². The van der Waals surface area contributed by atoms with Crippen LogP contribution in [0.5, 0.6) is 0 Å². The molecule has 0 aliphatic heterocycles. The van der Waals surface area contributed by atoms with Crippen LogP contribution in [0.25, 0.3) is 0 Å². The third-order valence-corrected chi connectivity index (χ3v) is 6.45. The molecule has 1 N–H and O–H groups in total. The van der Waals surface area contributed by atoms with Crippen LogP contribution in [-0.2, 0) is 14.6 Å². The van der Waals surface area contributed by atoms with E-state index in [0.29, 0.717) is 4.88 Å². The maximum absolute atomic E-state index is 13.4. The normalized spacial score (nSPS) is 12.9. The summed E-state index contributed by atoms with van der Waals surface area (Å²) in [7, 11) is -3.73. The fourth-order valence-electron chi connectivity index (χ4n) is 2.03. The van der Waals surface area contributed by atoms with Crippen LogP contribution in [0.2, 0.25) is 0 Å². The minimum absolute atomic E-state index is 0.0192. The van der Waals surface area contributed by atoms with E-state index in [4.69, 9.17) is 0 Å². The number of carbonyl (C=O) groups excluding carboxylic acids is 1. The Hall–Kier alpha value is -1.73. The Morgan fingerprint density at radius 2 is 2.09 bits per heavy atom. The van der Waals surface area contributed by atoms with Crippen LogP contribution in [0.4, 0.5) is 4.39 Å². The van der Waals surface area contributed by atoms with Crippen molar-refractivity contribution in [1.82, 2.24) is 5.32 Å². The van der Waals surface area contributed by atoms with Crippen molar-refractivity contribution < 1.29 is 17.6 Å². The monoisotopic (exact) mass is 341 g/mol. The first kappa shape index (κ1) is 16.6. The van der Waals surface area contributed by atoms with Gasteiger partial charge >= 0.3 is 0 Å². The zero-order chi connectivity index (χ0) is 16.3. The second-order valence-corrected chi connectivity index (χ2v) is 8.01. The molecule has 0 radical (unpaired) electrons. The third-order valence-electron chi connectivity index (χ3n) is 3.23. The molecule has 1 heterocycles. The van der Waals surface area contributed by atoms with Gasteiger partial charge in [-0.25, -0.2) is 12.8 Å².